The van der Waals surface area contributed by atoms with E-state index in [1.165, 1.54) is 0 Å². The Hall–Kier alpha value is 3.83. The third-order valence-electron chi connectivity index (χ3n) is 0. The van der Waals surface area contributed by atoms with Crippen molar-refractivity contribution in [2.45, 2.75) is 0 Å². The first-order chi connectivity index (χ1) is 0. The van der Waals surface area contributed by atoms with Crippen LogP contribution < -0.4 is 58.2 Å². The molecule has 0 fully saturated rings. The molecular weight excluding hydrogens is 273 g/mol. The topological polar surface area (TPSA) is 0 Å². The van der Waals surface area contributed by atoms with E-state index < -0.39 is 0 Å². The van der Waals surface area contributed by atoms with E-state index in [4.69, 9.17) is 0 Å². The molecule has 0 atom stereocenters. The summed E-state index contributed by atoms with van der Waals surface area (Å²) in [6, 6.07) is 0. The van der Waals surface area contributed by atoms with Crippen LogP contribution in [0, 0.1) is 0 Å². The molecule has 0 N–H and O–H groups in total. The smallest absolute Gasteiger partial charge is 1.00 e. The van der Waals surface area contributed by atoms with Gasteiger partial charge in [-0.05, 0) is 0 Å². The van der Waals surface area contributed by atoms with Crippen LogP contribution in [0.15, 0.2) is 0 Å². The van der Waals surface area contributed by atoms with Crippen LogP contribution in [0.3, 0.4) is 0 Å². The van der Waals surface area contributed by atoms with Gasteiger partial charge in [0.1, 0.15) is 0 Å². The number of rotatable bonds is 0. The third-order valence-corrected chi connectivity index (χ3v) is 0. The van der Waals surface area contributed by atoms with Crippen molar-refractivity contribution in [1.29, 1.82) is 0 Å². The predicted octanol–water partition coefficient (Wildman–Crippen LogP) is -3.04. The fourth-order valence-corrected chi connectivity index (χ4v) is 0. The summed E-state index contributed by atoms with van der Waals surface area (Å²) in [6.45, 7) is 0. The fourth-order valence-electron chi connectivity index (χ4n) is 0. The quantitative estimate of drug-likeness (QED) is 0.413. The molecule has 1 radical (unpaired) electrons. The average Bonchev–Trinajstić information content (AvgIpc) is 0. The van der Waals surface area contributed by atoms with Crippen LogP contribution in [0.5, 0.6) is 0 Å². The Kier molecular flexibility index (Phi) is 98.5. The van der Waals surface area contributed by atoms with Gasteiger partial charge in [-0.3, -0.25) is 0 Å². The SMILES string of the molecule is [Ag].[Fe].[H-].[H-].[H-].[Mg+2].[Rb+]. The van der Waals surface area contributed by atoms with Gasteiger partial charge in [0.25, 0.3) is 0 Å². The molecule has 0 unspecified atom stereocenters. The Morgan fingerprint density at radius 2 is 1.25 bits per heavy atom. The zero-order valence-electron chi connectivity index (χ0n) is 5.36. The summed E-state index contributed by atoms with van der Waals surface area (Å²) in [4.78, 5) is 0. The largest absolute Gasteiger partial charge is 2.00 e. The fraction of sp³-hybridized carbons (Fsp3) is 0. The standard InChI is InChI=1S/Ag.Fe.Mg.Rb.3H/q;;+2;+1;3*-1. The van der Waals surface area contributed by atoms with Crippen LogP contribution in [0.1, 0.15) is 4.28 Å². The Labute approximate surface area is 122 Å². The molecule has 0 saturated heterocycles. The van der Waals surface area contributed by atoms with Crippen molar-refractivity contribution < 1.29 is 102 Å². The Morgan fingerprint density at radius 1 is 1.25 bits per heavy atom. The van der Waals surface area contributed by atoms with Crippen LogP contribution >= 0.6 is 0 Å². The maximum Gasteiger partial charge on any atom is 2.00 e. The van der Waals surface area contributed by atoms with Crippen LogP contribution in [0.2, 0.25) is 0 Å². The molecule has 0 aromatic carbocycles. The van der Waals surface area contributed by atoms with E-state index >= 15 is 0 Å². The second-order valence-electron chi connectivity index (χ2n) is 0. The Bertz CT molecular complexity index is 14.9. The molecule has 0 amide bonds. The van der Waals surface area contributed by atoms with Gasteiger partial charge in [-0.15, -0.1) is 0 Å². The molecule has 0 nitrogen and oxygen atoms in total. The van der Waals surface area contributed by atoms with Crippen molar-refractivity contribution in [3.8, 4) is 0 Å². The van der Waals surface area contributed by atoms with E-state index in [2.05, 4.69) is 0 Å². The van der Waals surface area contributed by atoms with Gasteiger partial charge in [0.2, 0.25) is 0 Å². The summed E-state index contributed by atoms with van der Waals surface area (Å²) in [7, 11) is 0. The Balaban J connectivity index is 0. The van der Waals surface area contributed by atoms with E-state index in [0.717, 1.165) is 0 Å². The van der Waals surface area contributed by atoms with Gasteiger partial charge in [0, 0.05) is 39.4 Å². The van der Waals surface area contributed by atoms with E-state index in [9.17, 15) is 0 Å². The summed E-state index contributed by atoms with van der Waals surface area (Å²) in [5.41, 5.74) is 0. The molecule has 0 aliphatic heterocycles. The Morgan fingerprint density at radius 3 is 1.25 bits per heavy atom. The minimum atomic E-state index is 0. The molecule has 0 spiro atoms. The predicted molar refractivity (Wildman–Crippen MR) is 9.09 cm³/mol. The van der Waals surface area contributed by atoms with E-state index in [1.54, 1.807) is 0 Å². The minimum absolute atomic E-state index is 0. The molecular formula is H3AgFeMgRb. The van der Waals surface area contributed by atoms with Gasteiger partial charge >= 0.3 is 81.2 Å². The monoisotopic (exact) mass is 275 g/mol. The van der Waals surface area contributed by atoms with Crippen molar-refractivity contribution in [2.24, 2.45) is 0 Å². The molecule has 0 aliphatic rings. The zero-order chi connectivity index (χ0) is 0. The van der Waals surface area contributed by atoms with Gasteiger partial charge in [-0.2, -0.15) is 0 Å². The van der Waals surface area contributed by atoms with Crippen molar-refractivity contribution >= 4 is 23.1 Å². The first-order valence-corrected chi connectivity index (χ1v) is 0. The number of hydrogen-bond donors (Lipinski definition) is 0. The van der Waals surface area contributed by atoms with Crippen LogP contribution in [-0.2, 0) is 39.4 Å². The average molecular weight is 277 g/mol. The summed E-state index contributed by atoms with van der Waals surface area (Å²) < 4.78 is 0. The molecule has 0 aliphatic carbocycles. The number of hydrogen-bond acceptors (Lipinski definition) is 0. The van der Waals surface area contributed by atoms with Gasteiger partial charge in [-0.25, -0.2) is 0 Å². The molecule has 0 bridgehead atoms. The van der Waals surface area contributed by atoms with Crippen LogP contribution in [-0.4, -0.2) is 23.1 Å². The third kappa shape index (κ3) is 9.27. The van der Waals surface area contributed by atoms with E-state index in [-0.39, 0.29) is 125 Å². The van der Waals surface area contributed by atoms with Crippen molar-refractivity contribution in [3.05, 3.63) is 0 Å². The molecule has 4 heavy (non-hydrogen) atoms. The normalized spacial score (nSPS) is 0. The first kappa shape index (κ1) is 24.9. The maximum absolute atomic E-state index is 0. The molecule has 25 valence electrons. The molecule has 0 heterocycles. The van der Waals surface area contributed by atoms with Crippen LogP contribution in [0.4, 0.5) is 0 Å². The summed E-state index contributed by atoms with van der Waals surface area (Å²) in [5, 5.41) is 0. The van der Waals surface area contributed by atoms with Crippen molar-refractivity contribution in [2.75, 3.05) is 0 Å². The van der Waals surface area contributed by atoms with Gasteiger partial charge in [-0.1, -0.05) is 0 Å². The molecule has 0 aromatic rings. The summed E-state index contributed by atoms with van der Waals surface area (Å²) >= 11 is 0. The van der Waals surface area contributed by atoms with Crippen molar-refractivity contribution in [3.63, 3.8) is 0 Å². The summed E-state index contributed by atoms with van der Waals surface area (Å²) in [5.74, 6) is 0. The van der Waals surface area contributed by atoms with Gasteiger partial charge < -0.3 is 4.28 Å². The second-order valence-corrected chi connectivity index (χ2v) is 0. The minimum Gasteiger partial charge on any atom is -1.00 e. The van der Waals surface area contributed by atoms with Crippen molar-refractivity contribution in [1.82, 2.24) is 0 Å². The first-order valence-electron chi connectivity index (χ1n) is 0. The van der Waals surface area contributed by atoms with Gasteiger partial charge in [0.05, 0.1) is 0 Å². The summed E-state index contributed by atoms with van der Waals surface area (Å²) in [6.07, 6.45) is 0. The van der Waals surface area contributed by atoms with E-state index in [1.807, 2.05) is 0 Å². The van der Waals surface area contributed by atoms with Gasteiger partial charge in [0.15, 0.2) is 0 Å². The molecule has 0 aromatic heterocycles. The molecule has 0 saturated carbocycles. The molecule has 0 rings (SSSR count). The zero-order valence-corrected chi connectivity index (χ0v) is 11.3. The second kappa shape index (κ2) is 15.8. The molecule has 4 heteroatoms. The maximum atomic E-state index is 0. The van der Waals surface area contributed by atoms with E-state index in [0.29, 0.717) is 0 Å². The van der Waals surface area contributed by atoms with Crippen LogP contribution in [0.25, 0.3) is 0 Å².